The minimum atomic E-state index is -1.79. The fourth-order valence-electron chi connectivity index (χ4n) is 10.6. The minimum Gasteiger partial charge on any atom is -0.482 e. The summed E-state index contributed by atoms with van der Waals surface area (Å²) in [5, 5.41) is 46.1. The Hall–Kier alpha value is -3.89. The van der Waals surface area contributed by atoms with Gasteiger partial charge in [0.1, 0.15) is 52.8 Å². The van der Waals surface area contributed by atoms with Crippen LogP contribution in [0.2, 0.25) is 0 Å². The van der Waals surface area contributed by atoms with Crippen LogP contribution in [0.3, 0.4) is 0 Å². The van der Waals surface area contributed by atoms with Gasteiger partial charge in [-0.05, 0) is 107 Å². The minimum absolute atomic E-state index is 0.0398. The summed E-state index contributed by atoms with van der Waals surface area (Å²) in [7, 11) is 2.98. The van der Waals surface area contributed by atoms with Gasteiger partial charge in [0.05, 0.1) is 36.3 Å². The Bertz CT molecular complexity index is 2080. The Morgan fingerprint density at radius 2 is 1.65 bits per heavy atom. The first-order chi connectivity index (χ1) is 28.2. The number of ether oxygens (including phenoxy) is 6. The molecule has 4 bridgehead atoms. The molecule has 6 unspecified atom stereocenters. The normalized spacial score (nSPS) is 37.0. The van der Waals surface area contributed by atoms with E-state index in [1.54, 1.807) is 20.0 Å². The lowest BCUT2D eigenvalue weighted by atomic mass is 9.44. The van der Waals surface area contributed by atoms with Gasteiger partial charge >= 0.3 is 5.97 Å². The summed E-state index contributed by atoms with van der Waals surface area (Å²) in [6.07, 6.45) is 3.24. The fourth-order valence-corrected chi connectivity index (χ4v) is 10.6. The number of fused-ring (bicyclic) bond motifs is 2. The number of allylic oxidation sites excluding steroid dienone is 4. The van der Waals surface area contributed by atoms with E-state index in [4.69, 9.17) is 28.4 Å². The molecule has 5 fully saturated rings. The second kappa shape index (κ2) is 15.5. The number of carbonyl (C=O) groups excluding carboxylic acids is 3. The molecule has 1 spiro atoms. The lowest BCUT2D eigenvalue weighted by Crippen LogP contribution is -2.83. The molecule has 1 aromatic carbocycles. The second-order valence-corrected chi connectivity index (χ2v) is 18.7. The number of carbonyl (C=O) groups is 3. The summed E-state index contributed by atoms with van der Waals surface area (Å²) in [4.78, 5) is 43.9. The predicted molar refractivity (Wildman–Crippen MR) is 220 cm³/mol. The third-order valence-corrected chi connectivity index (χ3v) is 13.8. The Kier molecular flexibility index (Phi) is 11.4. The van der Waals surface area contributed by atoms with Crippen LogP contribution in [0.15, 0.2) is 41.0 Å². The maximum absolute atomic E-state index is 15.9. The molecule has 14 nitrogen and oxygen atoms in total. The van der Waals surface area contributed by atoms with Crippen molar-refractivity contribution >= 4 is 23.6 Å². The maximum Gasteiger partial charge on any atom is 0.333 e. The van der Waals surface area contributed by atoms with Crippen LogP contribution in [-0.2, 0) is 30.2 Å². The maximum atomic E-state index is 15.9. The summed E-state index contributed by atoms with van der Waals surface area (Å²) in [5.41, 5.74) is -2.93. The van der Waals surface area contributed by atoms with E-state index in [0.717, 1.165) is 11.1 Å². The second-order valence-electron chi connectivity index (χ2n) is 18.7. The van der Waals surface area contributed by atoms with Gasteiger partial charge in [-0.2, -0.15) is 0 Å². The van der Waals surface area contributed by atoms with E-state index in [2.05, 4.69) is 11.4 Å². The average molecular weight is 836 g/mol. The van der Waals surface area contributed by atoms with E-state index in [1.807, 2.05) is 66.7 Å². The summed E-state index contributed by atoms with van der Waals surface area (Å²) < 4.78 is 39.0. The van der Waals surface area contributed by atoms with Gasteiger partial charge < -0.3 is 54.2 Å². The van der Waals surface area contributed by atoms with Crippen LogP contribution in [0, 0.1) is 11.8 Å². The van der Waals surface area contributed by atoms with Gasteiger partial charge in [0.25, 0.3) is 0 Å². The summed E-state index contributed by atoms with van der Waals surface area (Å²) in [5.74, 6) is -2.26. The highest BCUT2D eigenvalue weighted by molar-refractivity contribution is 6.11. The molecule has 3 aliphatic carbocycles. The molecular formula is C46H61NO13. The first-order valence-corrected chi connectivity index (χ1v) is 20.9. The third kappa shape index (κ3) is 6.60. The van der Waals surface area contributed by atoms with E-state index in [0.29, 0.717) is 36.1 Å². The summed E-state index contributed by atoms with van der Waals surface area (Å²) in [6.45, 7) is 14.7. The van der Waals surface area contributed by atoms with Crippen molar-refractivity contribution in [3.63, 3.8) is 0 Å². The van der Waals surface area contributed by atoms with Crippen LogP contribution >= 0.6 is 0 Å². The first kappa shape index (κ1) is 44.2. The molecular weight excluding hydrogens is 774 g/mol. The van der Waals surface area contributed by atoms with Crippen molar-refractivity contribution in [2.75, 3.05) is 20.8 Å². The molecule has 4 heterocycles. The molecule has 11 atom stereocenters. The van der Waals surface area contributed by atoms with Crippen molar-refractivity contribution < 1.29 is 63.2 Å². The highest BCUT2D eigenvalue weighted by atomic mass is 16.7. The number of rotatable bonds is 12. The molecule has 8 rings (SSSR count). The summed E-state index contributed by atoms with van der Waals surface area (Å²) >= 11 is 0. The van der Waals surface area contributed by atoms with Crippen LogP contribution in [0.25, 0.3) is 6.08 Å². The quantitative estimate of drug-likeness (QED) is 0.114. The van der Waals surface area contributed by atoms with Gasteiger partial charge in [-0.3, -0.25) is 9.59 Å². The van der Waals surface area contributed by atoms with E-state index in [1.165, 1.54) is 7.11 Å². The smallest absolute Gasteiger partial charge is 0.333 e. The van der Waals surface area contributed by atoms with Gasteiger partial charge in [0.2, 0.25) is 6.29 Å². The van der Waals surface area contributed by atoms with Gasteiger partial charge in [-0.15, -0.1) is 0 Å². The number of aliphatic hydroxyl groups is 4. The van der Waals surface area contributed by atoms with Crippen molar-refractivity contribution in [2.24, 2.45) is 11.8 Å². The number of methoxy groups -OCH3 is 1. The van der Waals surface area contributed by atoms with Gasteiger partial charge in [-0.1, -0.05) is 29.4 Å². The molecule has 5 N–H and O–H groups in total. The largest absolute Gasteiger partial charge is 0.482 e. The number of nitrogens with one attached hydrogen (secondary N) is 1. The number of hydrogen-bond donors (Lipinski definition) is 5. The summed E-state index contributed by atoms with van der Waals surface area (Å²) in [6, 6.07) is 0. The molecule has 60 heavy (non-hydrogen) atoms. The lowest BCUT2D eigenvalue weighted by Gasteiger charge is -2.64. The third-order valence-electron chi connectivity index (χ3n) is 13.8. The zero-order valence-electron chi connectivity index (χ0n) is 36.3. The van der Waals surface area contributed by atoms with Crippen molar-refractivity contribution in [3.05, 3.63) is 57.7 Å². The number of likely N-dealkylation sites (N-methyl/N-ethyl adjacent to an activating group) is 1. The average Bonchev–Trinajstić information content (AvgIpc) is 3.35. The Balaban J connectivity index is 1.51. The molecule has 14 heteroatoms. The number of ketones is 2. The van der Waals surface area contributed by atoms with Crippen molar-refractivity contribution in [3.8, 4) is 17.2 Å². The predicted octanol–water partition coefficient (Wildman–Crippen LogP) is 4.22. The topological polar surface area (TPSA) is 200 Å². The Morgan fingerprint density at radius 1 is 0.950 bits per heavy atom. The number of Topliss-reactive ketones (excluding diaryl/α,β-unsaturated/α-hetero) is 2. The van der Waals surface area contributed by atoms with Crippen molar-refractivity contribution in [1.82, 2.24) is 5.32 Å². The number of aliphatic hydroxyl groups excluding tert-OH is 4. The molecule has 7 aliphatic rings. The van der Waals surface area contributed by atoms with Crippen molar-refractivity contribution in [1.29, 1.82) is 0 Å². The van der Waals surface area contributed by atoms with E-state index in [9.17, 15) is 25.2 Å². The van der Waals surface area contributed by atoms with Crippen LogP contribution in [-0.4, -0.2) is 117 Å². The van der Waals surface area contributed by atoms with Gasteiger partial charge in [0.15, 0.2) is 22.8 Å². The molecule has 3 saturated carbocycles. The zero-order chi connectivity index (χ0) is 43.9. The van der Waals surface area contributed by atoms with Crippen LogP contribution in [0.4, 0.5) is 0 Å². The number of benzene rings is 1. The molecule has 328 valence electrons. The Labute approximate surface area is 351 Å². The SMILES string of the molecule is CNC12CC3C(=O)c4c(O[C@@H]5O[C@H](CO)[C@@H](O)[C@H](O)[C@H]5O)c5c(c(CC=C(C)C)c4OC34C(C1)C(C)(C)OC4(C/C=C(/C)C(=O)OC)C2=O)OC(C)(CCC=C(C)C)C=C5. The molecule has 0 radical (unpaired) electrons. The van der Waals surface area contributed by atoms with Crippen molar-refractivity contribution in [2.45, 2.75) is 153 Å². The highest BCUT2D eigenvalue weighted by Crippen LogP contribution is 2.71. The number of esters is 1. The van der Waals surface area contributed by atoms with Crippen LogP contribution in [0.1, 0.15) is 109 Å². The highest BCUT2D eigenvalue weighted by Gasteiger charge is 2.86. The molecule has 0 amide bonds. The number of hydrogen-bond acceptors (Lipinski definition) is 14. The van der Waals surface area contributed by atoms with Crippen LogP contribution < -0.4 is 19.5 Å². The molecule has 0 aromatic heterocycles. The molecule has 1 aromatic rings. The first-order valence-electron chi connectivity index (χ1n) is 20.9. The molecule has 4 aliphatic heterocycles. The van der Waals surface area contributed by atoms with E-state index in [-0.39, 0.29) is 47.7 Å². The Morgan fingerprint density at radius 3 is 2.28 bits per heavy atom. The molecule has 2 saturated heterocycles. The van der Waals surface area contributed by atoms with E-state index < -0.39 is 88.8 Å². The monoisotopic (exact) mass is 835 g/mol. The van der Waals surface area contributed by atoms with Gasteiger partial charge in [0, 0.05) is 23.5 Å². The standard InChI is InChI=1S/C46H61NO13/c1-23(2)12-11-17-43(8)18-16-27-36(58-43)26(14-13-24(3)4)38-31(37(27)57-40-35(52)34(51)33(50)29(22-48)56-40)32(49)28-20-44(47-9)21-30-42(6,7)60-45(41(44)54,46(28,30)59-38)19-15-25(5)39(53)55-10/h12-13,15-16,18,28-30,33-35,40,47-48,50-52H,11,14,17,19-22H2,1-10H3/b25-15-/t28?,29-,30?,33-,34+,35-,40+,43?,44?,45?,46?/m1/s1. The zero-order valence-corrected chi connectivity index (χ0v) is 36.3. The fraction of sp³-hybridized carbons (Fsp3) is 0.630. The lowest BCUT2D eigenvalue weighted by molar-refractivity contribution is -0.277. The van der Waals surface area contributed by atoms with Gasteiger partial charge in [-0.25, -0.2) is 4.79 Å². The van der Waals surface area contributed by atoms with E-state index >= 15 is 9.59 Å². The van der Waals surface area contributed by atoms with Crippen LogP contribution in [0.5, 0.6) is 17.2 Å².